The van der Waals surface area contributed by atoms with Gasteiger partial charge in [-0.15, -0.1) is 11.6 Å². The van der Waals surface area contributed by atoms with Crippen molar-refractivity contribution in [3.8, 4) is 0 Å². The lowest BCUT2D eigenvalue weighted by Gasteiger charge is -2.22. The van der Waals surface area contributed by atoms with E-state index < -0.39 is 0 Å². The van der Waals surface area contributed by atoms with Gasteiger partial charge in [0.05, 0.1) is 0 Å². The van der Waals surface area contributed by atoms with Gasteiger partial charge in [0.15, 0.2) is 0 Å². The number of pyridine rings is 1. The molecule has 1 N–H and O–H groups in total. The lowest BCUT2D eigenvalue weighted by atomic mass is 10.0. The van der Waals surface area contributed by atoms with E-state index in [9.17, 15) is 0 Å². The van der Waals surface area contributed by atoms with Crippen LogP contribution in [0.2, 0.25) is 0 Å². The molecule has 1 atom stereocenters. The van der Waals surface area contributed by atoms with Gasteiger partial charge in [-0.25, -0.2) is 4.98 Å². The molecule has 0 radical (unpaired) electrons. The Morgan fingerprint density at radius 1 is 1.40 bits per heavy atom. The van der Waals surface area contributed by atoms with Crippen molar-refractivity contribution in [1.82, 2.24) is 4.98 Å². The van der Waals surface area contributed by atoms with Gasteiger partial charge in [0.1, 0.15) is 5.82 Å². The van der Waals surface area contributed by atoms with Crippen LogP contribution >= 0.6 is 11.6 Å². The molecule has 2 nitrogen and oxygen atoms in total. The third-order valence-electron chi connectivity index (χ3n) is 2.45. The fraction of sp³-hybridized carbons (Fsp3) is 0.583. The Morgan fingerprint density at radius 3 is 2.67 bits per heavy atom. The van der Waals surface area contributed by atoms with E-state index in [4.69, 9.17) is 11.6 Å². The van der Waals surface area contributed by atoms with Gasteiger partial charge in [-0.1, -0.05) is 19.9 Å². The van der Waals surface area contributed by atoms with Crippen LogP contribution < -0.4 is 5.32 Å². The average molecular weight is 227 g/mol. The van der Waals surface area contributed by atoms with Gasteiger partial charge in [-0.05, 0) is 31.4 Å². The Morgan fingerprint density at radius 2 is 2.13 bits per heavy atom. The first-order chi connectivity index (χ1) is 7.13. The predicted molar refractivity (Wildman–Crippen MR) is 66.6 cm³/mol. The normalized spacial score (nSPS) is 12.9. The van der Waals surface area contributed by atoms with Crippen molar-refractivity contribution in [3.05, 3.63) is 23.9 Å². The van der Waals surface area contributed by atoms with E-state index in [-0.39, 0.29) is 0 Å². The highest BCUT2D eigenvalue weighted by Gasteiger charge is 2.12. The monoisotopic (exact) mass is 226 g/mol. The van der Waals surface area contributed by atoms with Gasteiger partial charge in [0.2, 0.25) is 0 Å². The molecule has 0 spiro atoms. The summed E-state index contributed by atoms with van der Waals surface area (Å²) in [6, 6.07) is 6.41. The summed E-state index contributed by atoms with van der Waals surface area (Å²) in [6.45, 7) is 6.39. The Kier molecular flexibility index (Phi) is 4.89. The van der Waals surface area contributed by atoms with E-state index in [0.717, 1.165) is 17.9 Å². The van der Waals surface area contributed by atoms with E-state index in [1.54, 1.807) is 0 Å². The van der Waals surface area contributed by atoms with E-state index >= 15 is 0 Å². The molecule has 0 aliphatic rings. The average Bonchev–Trinajstić information content (AvgIpc) is 2.17. The number of aryl methyl sites for hydroxylation is 1. The first kappa shape index (κ1) is 12.3. The number of hydrogen-bond acceptors (Lipinski definition) is 2. The van der Waals surface area contributed by atoms with Gasteiger partial charge in [0.25, 0.3) is 0 Å². The minimum Gasteiger partial charge on any atom is -0.367 e. The molecule has 1 unspecified atom stereocenters. The van der Waals surface area contributed by atoms with Crippen molar-refractivity contribution in [2.24, 2.45) is 5.92 Å². The fourth-order valence-corrected chi connectivity index (χ4v) is 1.74. The molecule has 0 bridgehead atoms. The second kappa shape index (κ2) is 5.96. The summed E-state index contributed by atoms with van der Waals surface area (Å²) >= 11 is 5.78. The molecular weight excluding hydrogens is 208 g/mol. The van der Waals surface area contributed by atoms with Crippen LogP contribution in [0, 0.1) is 12.8 Å². The van der Waals surface area contributed by atoms with Crippen molar-refractivity contribution < 1.29 is 0 Å². The van der Waals surface area contributed by atoms with E-state index in [0.29, 0.717) is 17.8 Å². The highest BCUT2D eigenvalue weighted by Crippen LogP contribution is 2.14. The number of aromatic nitrogens is 1. The Bertz CT molecular complexity index is 299. The minimum absolute atomic E-state index is 0.400. The largest absolute Gasteiger partial charge is 0.367 e. The Labute approximate surface area is 97.1 Å². The van der Waals surface area contributed by atoms with E-state index in [2.05, 4.69) is 24.1 Å². The second-order valence-corrected chi connectivity index (χ2v) is 4.51. The van der Waals surface area contributed by atoms with Gasteiger partial charge < -0.3 is 5.32 Å². The van der Waals surface area contributed by atoms with Crippen LogP contribution in [0.1, 0.15) is 26.0 Å². The number of rotatable bonds is 5. The summed E-state index contributed by atoms with van der Waals surface area (Å²) in [7, 11) is 0. The molecular formula is C12H19ClN2. The standard InChI is InChI=1S/C12H19ClN2/c1-9(2)11(7-8-13)15-12-6-4-5-10(3)14-12/h4-6,9,11H,7-8H2,1-3H3,(H,14,15). The molecule has 3 heteroatoms. The molecule has 1 aromatic heterocycles. The highest BCUT2D eigenvalue weighted by atomic mass is 35.5. The first-order valence-corrected chi connectivity index (χ1v) is 5.93. The Hall–Kier alpha value is -0.760. The molecule has 0 saturated heterocycles. The van der Waals surface area contributed by atoms with Crippen molar-refractivity contribution in [2.75, 3.05) is 11.2 Å². The van der Waals surface area contributed by atoms with Crippen LogP contribution in [0.4, 0.5) is 5.82 Å². The molecule has 0 aliphatic heterocycles. The number of anilines is 1. The van der Waals surface area contributed by atoms with E-state index in [1.165, 1.54) is 0 Å². The zero-order valence-corrected chi connectivity index (χ0v) is 10.4. The van der Waals surface area contributed by atoms with Crippen molar-refractivity contribution >= 4 is 17.4 Å². The highest BCUT2D eigenvalue weighted by molar-refractivity contribution is 6.17. The summed E-state index contributed by atoms with van der Waals surface area (Å²) in [5, 5.41) is 3.42. The minimum atomic E-state index is 0.400. The topological polar surface area (TPSA) is 24.9 Å². The molecule has 1 rings (SSSR count). The molecule has 0 fully saturated rings. The smallest absolute Gasteiger partial charge is 0.126 e. The number of hydrogen-bond donors (Lipinski definition) is 1. The number of halogens is 1. The zero-order valence-electron chi connectivity index (χ0n) is 9.63. The van der Waals surface area contributed by atoms with Crippen LogP contribution in [-0.4, -0.2) is 16.9 Å². The molecule has 1 aromatic rings. The van der Waals surface area contributed by atoms with Crippen LogP contribution in [-0.2, 0) is 0 Å². The third-order valence-corrected chi connectivity index (χ3v) is 2.66. The Balaban J connectivity index is 2.65. The van der Waals surface area contributed by atoms with Crippen LogP contribution in [0.15, 0.2) is 18.2 Å². The van der Waals surface area contributed by atoms with Crippen molar-refractivity contribution in [3.63, 3.8) is 0 Å². The van der Waals surface area contributed by atoms with Crippen LogP contribution in [0.25, 0.3) is 0 Å². The first-order valence-electron chi connectivity index (χ1n) is 5.39. The maximum atomic E-state index is 5.78. The summed E-state index contributed by atoms with van der Waals surface area (Å²) in [6.07, 6.45) is 0.967. The molecule has 0 saturated carbocycles. The third kappa shape index (κ3) is 4.08. The van der Waals surface area contributed by atoms with Crippen molar-refractivity contribution in [1.29, 1.82) is 0 Å². The predicted octanol–water partition coefficient (Wildman–Crippen LogP) is 3.46. The maximum Gasteiger partial charge on any atom is 0.126 e. The number of nitrogens with zero attached hydrogens (tertiary/aromatic N) is 1. The van der Waals surface area contributed by atoms with Crippen LogP contribution in [0.5, 0.6) is 0 Å². The van der Waals surface area contributed by atoms with E-state index in [1.807, 2.05) is 25.1 Å². The molecule has 0 amide bonds. The second-order valence-electron chi connectivity index (χ2n) is 4.14. The number of nitrogens with one attached hydrogen (secondary N) is 1. The van der Waals surface area contributed by atoms with Gasteiger partial charge in [-0.3, -0.25) is 0 Å². The SMILES string of the molecule is Cc1cccc(NC(CCCl)C(C)C)n1. The van der Waals surface area contributed by atoms with Gasteiger partial charge in [-0.2, -0.15) is 0 Å². The molecule has 1 heterocycles. The molecule has 84 valence electrons. The molecule has 15 heavy (non-hydrogen) atoms. The summed E-state index contributed by atoms with van der Waals surface area (Å²) in [4.78, 5) is 4.42. The van der Waals surface area contributed by atoms with Crippen LogP contribution in [0.3, 0.4) is 0 Å². The van der Waals surface area contributed by atoms with Gasteiger partial charge in [0, 0.05) is 17.6 Å². The zero-order chi connectivity index (χ0) is 11.3. The summed E-state index contributed by atoms with van der Waals surface area (Å²) < 4.78 is 0. The fourth-order valence-electron chi connectivity index (χ4n) is 1.50. The molecule has 0 aromatic carbocycles. The maximum absolute atomic E-state index is 5.78. The van der Waals surface area contributed by atoms with Crippen molar-refractivity contribution in [2.45, 2.75) is 33.2 Å². The number of alkyl halides is 1. The summed E-state index contributed by atoms with van der Waals surface area (Å²) in [5.74, 6) is 2.19. The molecule has 0 aliphatic carbocycles. The van der Waals surface area contributed by atoms with Gasteiger partial charge >= 0.3 is 0 Å². The lowest BCUT2D eigenvalue weighted by Crippen LogP contribution is -2.26. The summed E-state index contributed by atoms with van der Waals surface area (Å²) in [5.41, 5.74) is 1.04. The lowest BCUT2D eigenvalue weighted by molar-refractivity contribution is 0.511. The quantitative estimate of drug-likeness (QED) is 0.778.